The Hall–Kier alpha value is -1.89. The smallest absolute Gasteiger partial charge is 0.0240 e. The monoisotopic (exact) mass is 912 g/mol. The van der Waals surface area contributed by atoms with Crippen LogP contribution in [0.3, 0.4) is 0 Å². The summed E-state index contributed by atoms with van der Waals surface area (Å²) in [7, 11) is 0. The van der Waals surface area contributed by atoms with Crippen molar-refractivity contribution in [3.8, 4) is 11.1 Å². The van der Waals surface area contributed by atoms with E-state index in [1.165, 1.54) is 75.2 Å². The molecule has 0 N–H and O–H groups in total. The molecular weight excluding hydrogens is 884 g/mol. The van der Waals surface area contributed by atoms with E-state index in [1.807, 2.05) is 66.7 Å². The number of hydrogen-bond acceptors (Lipinski definition) is 0. The molecule has 0 amide bonds. The first-order valence-corrected chi connectivity index (χ1v) is 17.3. The van der Waals surface area contributed by atoms with Gasteiger partial charge in [0.05, 0.1) is 0 Å². The number of halogens is 4. The third kappa shape index (κ3) is 10.6. The Balaban J connectivity index is 0.000000243. The zero-order chi connectivity index (χ0) is 29.6. The van der Waals surface area contributed by atoms with E-state index < -0.39 is 0 Å². The molecular formula is C39H30Cl2I2Zr-4. The van der Waals surface area contributed by atoms with Gasteiger partial charge < -0.3 is 0 Å². The summed E-state index contributed by atoms with van der Waals surface area (Å²) in [5, 5.41) is 5.30. The van der Waals surface area contributed by atoms with Gasteiger partial charge in [0.25, 0.3) is 0 Å². The molecule has 6 aromatic carbocycles. The fraction of sp³-hybridized carbons (Fsp3) is 0.0513. The van der Waals surface area contributed by atoms with Crippen LogP contribution < -0.4 is 0 Å². The molecule has 0 unspecified atom stereocenters. The molecule has 0 aromatic heterocycles. The van der Waals surface area contributed by atoms with Gasteiger partial charge in [-0.25, -0.2) is 12.2 Å². The summed E-state index contributed by atoms with van der Waals surface area (Å²) in [5.41, 5.74) is 5.67. The standard InChI is InChI=1S/C21H13.2C6H4I.C5H5.CH2.2ClH.Zr/c1-2-8-15-14(7-1)13-20-18-11-4-3-9-16(18)17-10-5-6-12-19(17)21(15)20;2*7-6-4-2-1-3-5-6;1-2-4-5-3-1;;;;/h1-10,12H,13H2;2*2-5H;1-3H,4H2;1H2;2*1H;/q4*-1;;;;. The summed E-state index contributed by atoms with van der Waals surface area (Å²) in [6.07, 6.45) is 11.0. The van der Waals surface area contributed by atoms with E-state index in [2.05, 4.69) is 140 Å². The average Bonchev–Trinajstić information content (AvgIpc) is 3.76. The minimum atomic E-state index is 0. The van der Waals surface area contributed by atoms with Crippen molar-refractivity contribution in [2.24, 2.45) is 0 Å². The minimum absolute atomic E-state index is 0. The van der Waals surface area contributed by atoms with Crippen molar-refractivity contribution >= 4 is 95.8 Å². The van der Waals surface area contributed by atoms with Crippen LogP contribution in [0.25, 0.3) is 32.7 Å². The topological polar surface area (TPSA) is 0 Å². The van der Waals surface area contributed by atoms with E-state index in [0.29, 0.717) is 0 Å². The molecule has 8 rings (SSSR count). The summed E-state index contributed by atoms with van der Waals surface area (Å²) >= 11 is 5.82. The zero-order valence-corrected chi connectivity index (χ0v) is 32.3. The largest absolute Gasteiger partial charge is 0.147 e. The van der Waals surface area contributed by atoms with Crippen LogP contribution in [0, 0.1) is 31.4 Å². The minimum Gasteiger partial charge on any atom is -0.147 e. The van der Waals surface area contributed by atoms with E-state index in [9.17, 15) is 0 Å². The summed E-state index contributed by atoms with van der Waals surface area (Å²) in [6.45, 7) is 0. The molecule has 0 saturated carbocycles. The van der Waals surface area contributed by atoms with E-state index in [4.69, 9.17) is 0 Å². The number of benzene rings is 6. The van der Waals surface area contributed by atoms with Crippen LogP contribution in [0.1, 0.15) is 17.5 Å². The fourth-order valence-electron chi connectivity index (χ4n) is 4.80. The summed E-state index contributed by atoms with van der Waals surface area (Å²) < 4.78 is 5.86. The van der Waals surface area contributed by atoms with Crippen molar-refractivity contribution in [2.45, 2.75) is 12.8 Å². The fourth-order valence-corrected chi connectivity index (χ4v) is 5.52. The zero-order valence-electron chi connectivity index (χ0n) is 23.9. The molecule has 0 spiro atoms. The average molecular weight is 915 g/mol. The molecule has 2 aliphatic carbocycles. The molecule has 44 heavy (non-hydrogen) atoms. The van der Waals surface area contributed by atoms with Crippen molar-refractivity contribution in [2.75, 3.05) is 0 Å². The molecule has 0 saturated heterocycles. The van der Waals surface area contributed by atoms with E-state index in [-0.39, 0.29) is 24.8 Å². The Morgan fingerprint density at radius 2 is 1.20 bits per heavy atom. The molecule has 0 heterocycles. The Morgan fingerprint density at radius 1 is 0.636 bits per heavy atom. The molecule has 0 atom stereocenters. The normalized spacial score (nSPS) is 10.8. The first kappa shape index (κ1) is 38.3. The van der Waals surface area contributed by atoms with Crippen LogP contribution in [-0.4, -0.2) is 4.21 Å². The second-order valence-corrected chi connectivity index (χ2v) is 11.6. The van der Waals surface area contributed by atoms with Gasteiger partial charge in [-0.2, -0.15) is 66.7 Å². The molecule has 5 heteroatoms. The molecule has 0 nitrogen and oxygen atoms in total. The van der Waals surface area contributed by atoms with Gasteiger partial charge in [0.15, 0.2) is 0 Å². The maximum Gasteiger partial charge on any atom is -0.0240 e. The molecule has 6 aromatic rings. The third-order valence-corrected chi connectivity index (χ3v) is 7.98. The molecule has 0 radical (unpaired) electrons. The Morgan fingerprint density at radius 3 is 1.73 bits per heavy atom. The van der Waals surface area contributed by atoms with Gasteiger partial charge in [0.1, 0.15) is 0 Å². The first-order valence-electron chi connectivity index (χ1n) is 13.4. The number of rotatable bonds is 0. The Kier molecular flexibility index (Phi) is 18.3. The Labute approximate surface area is 316 Å². The Bertz CT molecular complexity index is 1740. The second-order valence-electron chi connectivity index (χ2n) is 9.13. The maximum atomic E-state index is 3.48. The van der Waals surface area contributed by atoms with Gasteiger partial charge in [-0.3, -0.25) is 6.08 Å². The molecule has 2 aliphatic rings. The van der Waals surface area contributed by atoms with E-state index >= 15 is 0 Å². The van der Waals surface area contributed by atoms with Crippen molar-refractivity contribution in [3.63, 3.8) is 0 Å². The summed E-state index contributed by atoms with van der Waals surface area (Å²) in [6, 6.07) is 48.9. The van der Waals surface area contributed by atoms with E-state index in [0.717, 1.165) is 12.8 Å². The summed E-state index contributed by atoms with van der Waals surface area (Å²) in [5.74, 6) is 0. The third-order valence-electron chi connectivity index (χ3n) is 6.54. The van der Waals surface area contributed by atoms with E-state index in [1.54, 1.807) is 0 Å². The first-order chi connectivity index (χ1) is 20.7. The molecule has 0 fully saturated rings. The van der Waals surface area contributed by atoms with Crippen LogP contribution in [0.15, 0.2) is 133 Å². The van der Waals surface area contributed by atoms with Gasteiger partial charge in [-0.15, -0.1) is 71.8 Å². The second kappa shape index (κ2) is 21.0. The SMILES string of the molecule is Cl.Cl.Ic1cc[c-]cc1.Ic1cc[c-]cc1.[C-]1=CC=CC1.[CH2]=[Zr].[c-]1cccc2c1c1c(c3ccccc32)-c2ccccc2C1. The predicted molar refractivity (Wildman–Crippen MR) is 208 cm³/mol. The van der Waals surface area contributed by atoms with Gasteiger partial charge >= 0.3 is 28.4 Å². The number of allylic oxidation sites excluding steroid dienone is 4. The number of fused-ring (bicyclic) bond motifs is 8. The molecule has 0 aliphatic heterocycles. The van der Waals surface area contributed by atoms with Crippen molar-refractivity contribution in [1.29, 1.82) is 0 Å². The van der Waals surface area contributed by atoms with Crippen molar-refractivity contribution in [1.82, 2.24) is 0 Å². The quantitative estimate of drug-likeness (QED) is 0.0808. The summed E-state index contributed by atoms with van der Waals surface area (Å²) in [4.78, 5) is 0. The van der Waals surface area contributed by atoms with Crippen LogP contribution in [0.4, 0.5) is 0 Å². The van der Waals surface area contributed by atoms with Crippen molar-refractivity contribution < 1.29 is 24.2 Å². The van der Waals surface area contributed by atoms with Gasteiger partial charge in [-0.1, -0.05) is 106 Å². The van der Waals surface area contributed by atoms with Crippen LogP contribution in [-0.2, 0) is 30.7 Å². The van der Waals surface area contributed by atoms with Crippen LogP contribution >= 0.6 is 70.0 Å². The maximum absolute atomic E-state index is 3.48. The molecule has 222 valence electrons. The van der Waals surface area contributed by atoms with Crippen molar-refractivity contribution in [3.05, 3.63) is 176 Å². The van der Waals surface area contributed by atoms with Crippen LogP contribution in [0.2, 0.25) is 0 Å². The van der Waals surface area contributed by atoms with Gasteiger partial charge in [-0.05, 0) is 28.5 Å². The molecule has 0 bridgehead atoms. The number of hydrogen-bond donors (Lipinski definition) is 0. The van der Waals surface area contributed by atoms with Gasteiger partial charge in [0, 0.05) is 0 Å². The van der Waals surface area contributed by atoms with Crippen LogP contribution in [0.5, 0.6) is 0 Å². The van der Waals surface area contributed by atoms with Gasteiger partial charge in [0.2, 0.25) is 0 Å². The predicted octanol–water partition coefficient (Wildman–Crippen LogP) is 11.7.